The molecule has 3 fully saturated rings. The Morgan fingerprint density at radius 3 is 2.61 bits per heavy atom. The van der Waals surface area contributed by atoms with Crippen molar-refractivity contribution >= 4 is 0 Å². The Morgan fingerprint density at radius 2 is 1.78 bits per heavy atom. The van der Waals surface area contributed by atoms with Crippen molar-refractivity contribution in [2.24, 2.45) is 23.7 Å². The van der Waals surface area contributed by atoms with Crippen LogP contribution >= 0.6 is 0 Å². The summed E-state index contributed by atoms with van der Waals surface area (Å²) >= 11 is 0. The van der Waals surface area contributed by atoms with Gasteiger partial charge in [-0.05, 0) is 49.7 Å². The summed E-state index contributed by atoms with van der Waals surface area (Å²) in [7, 11) is 0. The Labute approximate surface area is 108 Å². The first-order valence-electron chi connectivity index (χ1n) is 7.12. The van der Waals surface area contributed by atoms with Crippen molar-refractivity contribution in [3.8, 4) is 5.75 Å². The molecule has 2 saturated carbocycles. The summed E-state index contributed by atoms with van der Waals surface area (Å²) in [5, 5.41) is 0. The number of aryl methyl sites for hydroxylation is 1. The van der Waals surface area contributed by atoms with E-state index in [1.165, 1.54) is 18.4 Å². The van der Waals surface area contributed by atoms with Gasteiger partial charge in [-0.15, -0.1) is 0 Å². The molecular weight excluding hydrogens is 224 g/mol. The standard InChI is InChI=1S/C16H20O2/c1-10-2-4-12(5-3-10)18-16-7-11-6-13(16)15-9-17-8-14(11)15/h2-5,11,13-16H,6-9H2,1H3/t11-,13-,14-,15-,16+/m1/s1. The summed E-state index contributed by atoms with van der Waals surface area (Å²) in [4.78, 5) is 0. The summed E-state index contributed by atoms with van der Waals surface area (Å²) in [5.74, 6) is 4.25. The monoisotopic (exact) mass is 244 g/mol. The molecular formula is C16H20O2. The molecule has 5 atom stereocenters. The van der Waals surface area contributed by atoms with Crippen LogP contribution in [0.2, 0.25) is 0 Å². The predicted octanol–water partition coefficient (Wildman–Crippen LogP) is 3.04. The molecule has 1 saturated heterocycles. The molecule has 1 aromatic rings. The Hall–Kier alpha value is -1.02. The van der Waals surface area contributed by atoms with Crippen molar-refractivity contribution in [3.05, 3.63) is 29.8 Å². The van der Waals surface area contributed by atoms with Gasteiger partial charge in [0.2, 0.25) is 0 Å². The molecule has 4 rings (SSSR count). The molecule has 18 heavy (non-hydrogen) atoms. The number of benzene rings is 1. The molecule has 3 aliphatic rings. The van der Waals surface area contributed by atoms with Crippen molar-refractivity contribution in [1.82, 2.24) is 0 Å². The van der Waals surface area contributed by atoms with Crippen LogP contribution in [0.25, 0.3) is 0 Å². The lowest BCUT2D eigenvalue weighted by Gasteiger charge is -2.30. The van der Waals surface area contributed by atoms with Crippen molar-refractivity contribution in [2.75, 3.05) is 13.2 Å². The molecule has 0 spiro atoms. The topological polar surface area (TPSA) is 18.5 Å². The molecule has 2 nitrogen and oxygen atoms in total. The minimum atomic E-state index is 0.431. The molecule has 96 valence electrons. The smallest absolute Gasteiger partial charge is 0.119 e. The van der Waals surface area contributed by atoms with Gasteiger partial charge in [0.05, 0.1) is 13.2 Å². The summed E-state index contributed by atoms with van der Waals surface area (Å²) in [6.07, 6.45) is 3.04. The summed E-state index contributed by atoms with van der Waals surface area (Å²) in [5.41, 5.74) is 1.29. The SMILES string of the molecule is Cc1ccc(O[C@H]2C[C@H]3C[C@@H]2[C@H]2COC[C@H]32)cc1. The van der Waals surface area contributed by atoms with E-state index in [0.717, 1.165) is 42.6 Å². The van der Waals surface area contributed by atoms with Crippen LogP contribution in [0.1, 0.15) is 18.4 Å². The van der Waals surface area contributed by atoms with Gasteiger partial charge in [-0.2, -0.15) is 0 Å². The van der Waals surface area contributed by atoms with Crippen LogP contribution in [0.3, 0.4) is 0 Å². The average Bonchev–Trinajstić information content (AvgIpc) is 3.03. The number of hydrogen-bond donors (Lipinski definition) is 0. The lowest BCUT2D eigenvalue weighted by Crippen LogP contribution is -2.34. The van der Waals surface area contributed by atoms with Gasteiger partial charge in [-0.3, -0.25) is 0 Å². The average molecular weight is 244 g/mol. The molecule has 0 unspecified atom stereocenters. The van der Waals surface area contributed by atoms with Gasteiger partial charge in [0.15, 0.2) is 0 Å². The van der Waals surface area contributed by atoms with E-state index in [2.05, 4.69) is 31.2 Å². The second-order valence-electron chi connectivity index (χ2n) is 6.23. The van der Waals surface area contributed by atoms with Crippen LogP contribution in [0.4, 0.5) is 0 Å². The zero-order chi connectivity index (χ0) is 12.1. The molecule has 2 heteroatoms. The highest BCUT2D eigenvalue weighted by Crippen LogP contribution is 2.55. The van der Waals surface area contributed by atoms with Crippen LogP contribution in [0, 0.1) is 30.6 Å². The van der Waals surface area contributed by atoms with E-state index < -0.39 is 0 Å². The molecule has 1 heterocycles. The zero-order valence-corrected chi connectivity index (χ0v) is 10.8. The molecule has 2 aliphatic carbocycles. The molecule has 1 aliphatic heterocycles. The molecule has 0 N–H and O–H groups in total. The van der Waals surface area contributed by atoms with E-state index in [1.54, 1.807) is 0 Å². The van der Waals surface area contributed by atoms with Crippen molar-refractivity contribution in [2.45, 2.75) is 25.9 Å². The third-order valence-corrected chi connectivity index (χ3v) is 5.22. The minimum Gasteiger partial charge on any atom is -0.490 e. The van der Waals surface area contributed by atoms with Crippen molar-refractivity contribution < 1.29 is 9.47 Å². The Kier molecular flexibility index (Phi) is 2.41. The minimum absolute atomic E-state index is 0.431. The van der Waals surface area contributed by atoms with Crippen LogP contribution < -0.4 is 4.74 Å². The maximum absolute atomic E-state index is 6.22. The Balaban J connectivity index is 1.49. The van der Waals surface area contributed by atoms with Crippen LogP contribution in [0.15, 0.2) is 24.3 Å². The van der Waals surface area contributed by atoms with E-state index >= 15 is 0 Å². The zero-order valence-electron chi connectivity index (χ0n) is 10.8. The van der Waals surface area contributed by atoms with Crippen molar-refractivity contribution in [1.29, 1.82) is 0 Å². The van der Waals surface area contributed by atoms with Crippen molar-refractivity contribution in [3.63, 3.8) is 0 Å². The largest absolute Gasteiger partial charge is 0.490 e. The summed E-state index contributed by atoms with van der Waals surface area (Å²) in [6.45, 7) is 4.09. The van der Waals surface area contributed by atoms with Gasteiger partial charge in [0.1, 0.15) is 11.9 Å². The van der Waals surface area contributed by atoms with Gasteiger partial charge in [-0.1, -0.05) is 17.7 Å². The van der Waals surface area contributed by atoms with Gasteiger partial charge >= 0.3 is 0 Å². The first kappa shape index (κ1) is 10.9. The van der Waals surface area contributed by atoms with E-state index in [1.807, 2.05) is 0 Å². The number of ether oxygens (including phenoxy) is 2. The maximum atomic E-state index is 6.22. The lowest BCUT2D eigenvalue weighted by atomic mass is 9.80. The van der Waals surface area contributed by atoms with Crippen LogP contribution in [-0.4, -0.2) is 19.3 Å². The third-order valence-electron chi connectivity index (χ3n) is 5.22. The van der Waals surface area contributed by atoms with Gasteiger partial charge < -0.3 is 9.47 Å². The second kappa shape index (κ2) is 3.99. The molecule has 2 bridgehead atoms. The number of hydrogen-bond acceptors (Lipinski definition) is 2. The first-order valence-corrected chi connectivity index (χ1v) is 7.12. The van der Waals surface area contributed by atoms with E-state index in [-0.39, 0.29) is 0 Å². The van der Waals surface area contributed by atoms with Crippen LogP contribution in [-0.2, 0) is 4.74 Å². The molecule has 0 amide bonds. The highest BCUT2D eigenvalue weighted by molar-refractivity contribution is 5.27. The highest BCUT2D eigenvalue weighted by Gasteiger charge is 2.55. The molecule has 1 aromatic carbocycles. The first-order chi connectivity index (χ1) is 8.81. The summed E-state index contributed by atoms with van der Waals surface area (Å²) in [6, 6.07) is 8.46. The number of rotatable bonds is 2. The highest BCUT2D eigenvalue weighted by atomic mass is 16.5. The fraction of sp³-hybridized carbons (Fsp3) is 0.625. The van der Waals surface area contributed by atoms with E-state index in [4.69, 9.17) is 9.47 Å². The van der Waals surface area contributed by atoms with Gasteiger partial charge in [0.25, 0.3) is 0 Å². The number of fused-ring (bicyclic) bond motifs is 5. The fourth-order valence-electron chi connectivity index (χ4n) is 4.31. The fourth-order valence-corrected chi connectivity index (χ4v) is 4.31. The Morgan fingerprint density at radius 1 is 1.00 bits per heavy atom. The molecule has 0 radical (unpaired) electrons. The molecule has 0 aromatic heterocycles. The van der Waals surface area contributed by atoms with Crippen LogP contribution in [0.5, 0.6) is 5.75 Å². The quantitative estimate of drug-likeness (QED) is 0.796. The normalized spacial score (nSPS) is 41.1. The van der Waals surface area contributed by atoms with E-state index in [9.17, 15) is 0 Å². The maximum Gasteiger partial charge on any atom is 0.119 e. The third kappa shape index (κ3) is 1.58. The summed E-state index contributed by atoms with van der Waals surface area (Å²) < 4.78 is 11.9. The van der Waals surface area contributed by atoms with E-state index in [0.29, 0.717) is 6.10 Å². The van der Waals surface area contributed by atoms with Gasteiger partial charge in [0, 0.05) is 5.92 Å². The Bertz CT molecular complexity index is 439. The van der Waals surface area contributed by atoms with Gasteiger partial charge in [-0.25, -0.2) is 0 Å². The lowest BCUT2D eigenvalue weighted by molar-refractivity contribution is 0.0878. The predicted molar refractivity (Wildman–Crippen MR) is 69.6 cm³/mol. The second-order valence-corrected chi connectivity index (χ2v) is 6.23.